The minimum absolute atomic E-state index is 0.0665. The van der Waals surface area contributed by atoms with Gasteiger partial charge >= 0.3 is 0 Å². The van der Waals surface area contributed by atoms with Crippen molar-refractivity contribution in [3.8, 4) is 35.1 Å². The highest BCUT2D eigenvalue weighted by Gasteiger charge is 2.01. The van der Waals surface area contributed by atoms with Gasteiger partial charge in [0.05, 0.1) is 11.4 Å². The minimum atomic E-state index is 0.0665. The monoisotopic (exact) mass is 462 g/mol. The molecule has 0 saturated carbocycles. The normalized spacial score (nSPS) is 9.88. The van der Waals surface area contributed by atoms with E-state index in [4.69, 9.17) is 0 Å². The van der Waals surface area contributed by atoms with E-state index in [1.165, 1.54) is 11.8 Å². The Labute approximate surface area is 203 Å². The molecule has 0 amide bonds. The van der Waals surface area contributed by atoms with Gasteiger partial charge in [0.25, 0.3) is 0 Å². The van der Waals surface area contributed by atoms with E-state index in [1.54, 1.807) is 19.3 Å². The summed E-state index contributed by atoms with van der Waals surface area (Å²) in [6.07, 6.45) is 3.49. The van der Waals surface area contributed by atoms with E-state index >= 15 is 0 Å². The van der Waals surface area contributed by atoms with Gasteiger partial charge in [-0.3, -0.25) is 14.8 Å². The minimum Gasteiger partial charge on any atom is -0.287 e. The number of thioether (sulfide) groups is 1. The molecule has 4 rings (SSSR count). The lowest BCUT2D eigenvalue weighted by Crippen LogP contribution is -1.89. The fraction of sp³-hybridized carbons (Fsp3) is 0.0357. The van der Waals surface area contributed by atoms with E-state index in [9.17, 15) is 4.79 Å². The topological polar surface area (TPSA) is 42.9 Å². The van der Waals surface area contributed by atoms with Gasteiger partial charge in [-0.05, 0) is 72.8 Å². The third kappa shape index (κ3) is 6.60. The molecule has 0 aliphatic rings. The van der Waals surface area contributed by atoms with Crippen LogP contribution in [-0.4, -0.2) is 15.1 Å². The zero-order valence-corrected chi connectivity index (χ0v) is 19.5. The number of carbonyl (C=O) groups is 1. The molecule has 0 atom stereocenters. The van der Waals surface area contributed by atoms with Crippen molar-refractivity contribution >= 4 is 29.5 Å². The molecule has 0 saturated heterocycles. The van der Waals surface area contributed by atoms with Crippen molar-refractivity contribution in [2.24, 2.45) is 0 Å². The molecule has 3 nitrogen and oxygen atoms in total. The molecule has 0 N–H and O–H groups in total. The van der Waals surface area contributed by atoms with Gasteiger partial charge in [0.1, 0.15) is 0 Å². The van der Waals surface area contributed by atoms with Crippen LogP contribution in [0.2, 0.25) is 0 Å². The quantitative estimate of drug-likeness (QED) is 0.230. The van der Waals surface area contributed by atoms with E-state index < -0.39 is 0 Å². The van der Waals surface area contributed by atoms with Crippen LogP contribution in [0.1, 0.15) is 29.2 Å². The van der Waals surface area contributed by atoms with Crippen LogP contribution in [0.5, 0.6) is 0 Å². The summed E-state index contributed by atoms with van der Waals surface area (Å²) in [5, 5.41) is 0.0665. The summed E-state index contributed by atoms with van der Waals surface area (Å²) in [7, 11) is 0. The Morgan fingerprint density at radius 2 is 1.09 bits per heavy atom. The third-order valence-electron chi connectivity index (χ3n) is 4.47. The molecule has 2 aromatic carbocycles. The van der Waals surface area contributed by atoms with Gasteiger partial charge in [-0.25, -0.2) is 0 Å². The predicted molar refractivity (Wildman–Crippen MR) is 136 cm³/mol. The average molecular weight is 463 g/mol. The Kier molecular flexibility index (Phi) is 7.27. The lowest BCUT2D eigenvalue weighted by atomic mass is 10.1. The molecule has 2 heterocycles. The number of rotatable bonds is 2. The summed E-state index contributed by atoms with van der Waals surface area (Å²) in [6, 6.07) is 23.0. The van der Waals surface area contributed by atoms with Crippen molar-refractivity contribution < 1.29 is 4.79 Å². The molecule has 0 fully saturated rings. The van der Waals surface area contributed by atoms with Gasteiger partial charge < -0.3 is 0 Å². The average Bonchev–Trinajstić information content (AvgIpc) is 2.84. The second kappa shape index (κ2) is 10.7. The van der Waals surface area contributed by atoms with Crippen molar-refractivity contribution in [2.45, 2.75) is 16.7 Å². The molecular weight excluding hydrogens is 444 g/mol. The van der Waals surface area contributed by atoms with E-state index in [2.05, 4.69) is 46.3 Å². The maximum atomic E-state index is 11.2. The number of benzene rings is 2. The zero-order chi connectivity index (χ0) is 23.0. The Morgan fingerprint density at radius 1 is 0.667 bits per heavy atom. The summed E-state index contributed by atoms with van der Waals surface area (Å²) in [4.78, 5) is 22.0. The van der Waals surface area contributed by atoms with Crippen LogP contribution in [0.25, 0.3) is 11.4 Å². The van der Waals surface area contributed by atoms with Gasteiger partial charge in [0.15, 0.2) is 5.12 Å². The fourth-order valence-electron chi connectivity index (χ4n) is 2.84. The summed E-state index contributed by atoms with van der Waals surface area (Å²) in [6.45, 7) is 1.55. The van der Waals surface area contributed by atoms with Crippen LogP contribution in [0, 0.1) is 23.7 Å². The van der Waals surface area contributed by atoms with Crippen LogP contribution in [-0.2, 0) is 4.79 Å². The maximum absolute atomic E-state index is 11.2. The SMILES string of the molecule is CC(=O)Sc1ccc(C#Cc2ccc(-c3ccc(C#Cc4ccc(S)cc4)cn3)nc2)cc1. The lowest BCUT2D eigenvalue weighted by Gasteiger charge is -2.00. The molecule has 0 spiro atoms. The highest BCUT2D eigenvalue weighted by molar-refractivity contribution is 8.13. The van der Waals surface area contributed by atoms with Crippen LogP contribution >= 0.6 is 24.4 Å². The summed E-state index contributed by atoms with van der Waals surface area (Å²) in [5.41, 5.74) is 5.01. The van der Waals surface area contributed by atoms with Crippen molar-refractivity contribution in [3.63, 3.8) is 0 Å². The van der Waals surface area contributed by atoms with Gasteiger partial charge in [0.2, 0.25) is 0 Å². The van der Waals surface area contributed by atoms with Crippen LogP contribution in [0.4, 0.5) is 0 Å². The first-order valence-corrected chi connectivity index (χ1v) is 11.4. The summed E-state index contributed by atoms with van der Waals surface area (Å²) in [5.74, 6) is 12.5. The number of pyridine rings is 2. The first-order valence-electron chi connectivity index (χ1n) is 10.1. The van der Waals surface area contributed by atoms with E-state index in [0.717, 1.165) is 43.4 Å². The van der Waals surface area contributed by atoms with Gasteiger partial charge in [-0.1, -0.05) is 35.4 Å². The first-order chi connectivity index (χ1) is 16.0. The summed E-state index contributed by atoms with van der Waals surface area (Å²) >= 11 is 5.49. The summed E-state index contributed by atoms with van der Waals surface area (Å²) < 4.78 is 0. The van der Waals surface area contributed by atoms with E-state index in [0.29, 0.717) is 0 Å². The number of hydrogen-bond donors (Lipinski definition) is 1. The molecule has 33 heavy (non-hydrogen) atoms. The smallest absolute Gasteiger partial charge is 0.190 e. The van der Waals surface area contributed by atoms with Gasteiger partial charge in [0, 0.05) is 51.4 Å². The Balaban J connectivity index is 1.42. The van der Waals surface area contributed by atoms with E-state index in [1.807, 2.05) is 72.8 Å². The van der Waals surface area contributed by atoms with Crippen LogP contribution in [0.3, 0.4) is 0 Å². The molecule has 0 aliphatic carbocycles. The molecule has 0 aliphatic heterocycles. The van der Waals surface area contributed by atoms with Crippen LogP contribution < -0.4 is 0 Å². The fourth-order valence-corrected chi connectivity index (χ4v) is 3.60. The Hall–Kier alpha value is -3.77. The molecule has 4 aromatic rings. The molecule has 0 radical (unpaired) electrons. The van der Waals surface area contributed by atoms with Crippen molar-refractivity contribution in [3.05, 3.63) is 107 Å². The molecular formula is C28H18N2OS2. The molecule has 0 unspecified atom stereocenters. The van der Waals surface area contributed by atoms with Gasteiger partial charge in [-0.2, -0.15) is 0 Å². The van der Waals surface area contributed by atoms with Crippen molar-refractivity contribution in [2.75, 3.05) is 0 Å². The molecule has 2 aromatic heterocycles. The zero-order valence-electron chi connectivity index (χ0n) is 17.7. The lowest BCUT2D eigenvalue weighted by molar-refractivity contribution is -0.109. The van der Waals surface area contributed by atoms with Gasteiger partial charge in [-0.15, -0.1) is 12.6 Å². The predicted octanol–water partition coefficient (Wildman–Crippen LogP) is 5.87. The third-order valence-corrected chi connectivity index (χ3v) is 5.57. The highest BCUT2D eigenvalue weighted by Crippen LogP contribution is 2.19. The second-order valence-corrected chi connectivity index (χ2v) is 8.80. The Bertz CT molecular complexity index is 1390. The second-order valence-electron chi connectivity index (χ2n) is 7.03. The number of aromatic nitrogens is 2. The molecule has 5 heteroatoms. The van der Waals surface area contributed by atoms with Crippen molar-refractivity contribution in [1.29, 1.82) is 0 Å². The number of hydrogen-bond acceptors (Lipinski definition) is 5. The number of nitrogens with zero attached hydrogens (tertiary/aromatic N) is 2. The molecule has 158 valence electrons. The first kappa shape index (κ1) is 22.4. The van der Waals surface area contributed by atoms with Crippen LogP contribution in [0.15, 0.2) is 95.0 Å². The highest BCUT2D eigenvalue weighted by atomic mass is 32.2. The maximum Gasteiger partial charge on any atom is 0.190 e. The largest absolute Gasteiger partial charge is 0.287 e. The number of thiol groups is 1. The van der Waals surface area contributed by atoms with Crippen molar-refractivity contribution in [1.82, 2.24) is 9.97 Å². The molecule has 0 bridgehead atoms. The number of carbonyl (C=O) groups excluding carboxylic acids is 1. The van der Waals surface area contributed by atoms with E-state index in [-0.39, 0.29) is 5.12 Å². The Morgan fingerprint density at radius 3 is 1.52 bits per heavy atom. The standard InChI is InChI=1S/C28H18N2OS2/c1-20(31)33-26-14-8-22(9-15-26)3-5-24-11-17-28(30-19-24)27-16-10-23(18-29-27)4-2-21-6-12-25(32)13-7-21/h6-19,32H,1H3.